The molecule has 6 rings (SSSR count). The first-order valence-corrected chi connectivity index (χ1v) is 23.6. The number of benzene rings is 4. The Morgan fingerprint density at radius 1 is 0.657 bits per heavy atom. The zero-order valence-corrected chi connectivity index (χ0v) is 39.9. The van der Waals surface area contributed by atoms with Gasteiger partial charge in [-0.25, -0.2) is 35.1 Å². The molecule has 0 aliphatic carbocycles. The fourth-order valence-corrected chi connectivity index (χ4v) is 9.73. The van der Waals surface area contributed by atoms with Gasteiger partial charge < -0.3 is 31.5 Å². The number of aromatic hydroxyl groups is 2. The highest BCUT2D eigenvalue weighted by atomic mass is 32.2. The van der Waals surface area contributed by atoms with Crippen molar-refractivity contribution in [1.29, 1.82) is 0 Å². The zero-order chi connectivity index (χ0) is 50.1. The number of nitrogens with one attached hydrogen (secondary N) is 3. The maximum Gasteiger partial charge on any atom is 0.241 e. The van der Waals surface area contributed by atoms with E-state index in [-0.39, 0.29) is 58.0 Å². The Balaban J connectivity index is 0.000000246. The summed E-state index contributed by atoms with van der Waals surface area (Å²) >= 11 is 0. The molecule has 0 radical (unpaired) electrons. The van der Waals surface area contributed by atoms with Gasteiger partial charge in [0.1, 0.15) is 23.1 Å². The molecule has 0 fully saturated rings. The number of anilines is 2. The summed E-state index contributed by atoms with van der Waals surface area (Å²) in [5, 5.41) is 40.8. The lowest BCUT2D eigenvalue weighted by molar-refractivity contribution is 0.111. The average molecular weight is 963 g/mol. The van der Waals surface area contributed by atoms with Gasteiger partial charge in [0, 0.05) is 57.8 Å². The molecule has 9 N–H and O–H groups in total. The predicted molar refractivity (Wildman–Crippen MR) is 254 cm³/mol. The highest BCUT2D eigenvalue weighted by molar-refractivity contribution is 7.90. The third-order valence-corrected chi connectivity index (χ3v) is 13.2. The molecule has 2 heterocycles. The van der Waals surface area contributed by atoms with Crippen LogP contribution in [0.4, 0.5) is 20.2 Å². The molecule has 67 heavy (non-hydrogen) atoms. The minimum absolute atomic E-state index is 0.0249. The third kappa shape index (κ3) is 14.1. The second kappa shape index (κ2) is 22.0. The number of halogens is 2. The summed E-state index contributed by atoms with van der Waals surface area (Å²) in [5.41, 5.74) is 8.17. The van der Waals surface area contributed by atoms with Crippen molar-refractivity contribution < 1.29 is 50.8 Å². The number of aliphatic hydroxyl groups excluding tert-OH is 2. The molecular formula is C48H56F2N6O9S2. The van der Waals surface area contributed by atoms with Gasteiger partial charge in [-0.05, 0) is 103 Å². The summed E-state index contributed by atoms with van der Waals surface area (Å²) in [5.74, 6) is -1.37. The zero-order valence-electron chi connectivity index (χ0n) is 38.3. The number of aromatic nitrogens is 2. The van der Waals surface area contributed by atoms with Crippen LogP contribution in [-0.4, -0.2) is 64.6 Å². The van der Waals surface area contributed by atoms with Gasteiger partial charge in [0.15, 0.2) is 6.29 Å². The fourth-order valence-electron chi connectivity index (χ4n) is 6.43. The van der Waals surface area contributed by atoms with E-state index in [0.717, 1.165) is 0 Å². The Labute approximate surface area is 389 Å². The standard InChI is InChI=1S/C24H28FN3O4S.C16H19FN2O2S.C8H9NO3/c1-15-23(30)19(17(14-29)12-26-15)13-27-21-10-9-16(11-20(21)25)18-7-5-6-8-22(18)33(31,32)28-24(2,3)4;1-16(2,3)19-22(20,21)15-7-5-4-6-12(15)11-8-9-14(18)13(17)10-11;1-5-8(12)7(4-11)6(3-10)2-9-5/h5-12,27-30H,13-14H2,1-4H3;4-10,19H,18H2,1-3H3;2,4,10,12H,3H2,1H3. The van der Waals surface area contributed by atoms with Gasteiger partial charge in [0.2, 0.25) is 20.0 Å². The van der Waals surface area contributed by atoms with Crippen LogP contribution in [0.2, 0.25) is 0 Å². The highest BCUT2D eigenvalue weighted by Crippen LogP contribution is 2.33. The van der Waals surface area contributed by atoms with Crippen LogP contribution in [-0.2, 0) is 39.8 Å². The molecule has 0 unspecified atom stereocenters. The largest absolute Gasteiger partial charge is 0.506 e. The Morgan fingerprint density at radius 3 is 1.55 bits per heavy atom. The van der Waals surface area contributed by atoms with E-state index in [0.29, 0.717) is 56.6 Å². The number of aldehydes is 1. The van der Waals surface area contributed by atoms with Crippen molar-refractivity contribution in [3.05, 3.63) is 143 Å². The van der Waals surface area contributed by atoms with Crippen LogP contribution in [0.5, 0.6) is 11.5 Å². The van der Waals surface area contributed by atoms with Crippen molar-refractivity contribution in [3.8, 4) is 33.8 Å². The molecule has 0 saturated heterocycles. The molecule has 4 aromatic carbocycles. The van der Waals surface area contributed by atoms with Crippen LogP contribution < -0.4 is 20.5 Å². The number of rotatable bonds is 12. The lowest BCUT2D eigenvalue weighted by Gasteiger charge is -2.21. The van der Waals surface area contributed by atoms with Crippen LogP contribution in [0, 0.1) is 25.5 Å². The number of aryl methyl sites for hydroxylation is 2. The second-order valence-corrected chi connectivity index (χ2v) is 20.6. The summed E-state index contributed by atoms with van der Waals surface area (Å²) in [7, 11) is -7.55. The summed E-state index contributed by atoms with van der Waals surface area (Å²) < 4.78 is 84.8. The SMILES string of the molecule is CC(C)(C)NS(=O)(=O)c1ccccc1-c1ccc(N)c(F)c1.Cc1ncc(CO)c(C=O)c1O.Cc1ncc(CO)c(CNc2ccc(-c3ccccc3S(=O)(=O)NC(C)(C)C)cc2F)c1O. The van der Waals surface area contributed by atoms with E-state index in [1.165, 1.54) is 48.8 Å². The molecule has 0 spiro atoms. The predicted octanol–water partition coefficient (Wildman–Crippen LogP) is 7.64. The second-order valence-electron chi connectivity index (χ2n) is 17.2. The normalized spacial score (nSPS) is 11.8. The van der Waals surface area contributed by atoms with Crippen molar-refractivity contribution in [1.82, 2.24) is 19.4 Å². The third-order valence-electron chi connectivity index (χ3n) is 9.53. The van der Waals surface area contributed by atoms with Gasteiger partial charge in [-0.3, -0.25) is 14.8 Å². The molecule has 2 aromatic heterocycles. The Hall–Kier alpha value is -6.35. The van der Waals surface area contributed by atoms with E-state index >= 15 is 0 Å². The van der Waals surface area contributed by atoms with Crippen molar-refractivity contribution >= 4 is 37.7 Å². The van der Waals surface area contributed by atoms with Gasteiger partial charge in [-0.1, -0.05) is 48.5 Å². The first-order valence-electron chi connectivity index (χ1n) is 20.6. The van der Waals surface area contributed by atoms with Crippen molar-refractivity contribution in [2.45, 2.75) is 96.0 Å². The van der Waals surface area contributed by atoms with E-state index in [9.17, 15) is 45.7 Å². The summed E-state index contributed by atoms with van der Waals surface area (Å²) in [6.07, 6.45) is 3.35. The molecule has 358 valence electrons. The van der Waals surface area contributed by atoms with Crippen LogP contribution in [0.25, 0.3) is 22.3 Å². The minimum atomic E-state index is -3.83. The number of nitrogens with zero attached hydrogens (tertiary/aromatic N) is 2. The van der Waals surface area contributed by atoms with Crippen LogP contribution in [0.1, 0.15) is 80.0 Å². The average Bonchev–Trinajstić information content (AvgIpc) is 3.25. The maximum absolute atomic E-state index is 14.9. The lowest BCUT2D eigenvalue weighted by Crippen LogP contribution is -2.40. The smallest absolute Gasteiger partial charge is 0.241 e. The molecule has 15 nitrogen and oxygen atoms in total. The molecule has 19 heteroatoms. The number of carbonyl (C=O) groups is 1. The van der Waals surface area contributed by atoms with Gasteiger partial charge in [0.05, 0.1) is 51.3 Å². The van der Waals surface area contributed by atoms with Crippen molar-refractivity contribution in [2.75, 3.05) is 11.1 Å². The van der Waals surface area contributed by atoms with Gasteiger partial charge in [-0.2, -0.15) is 0 Å². The number of hydrogen-bond donors (Lipinski definition) is 8. The van der Waals surface area contributed by atoms with Crippen molar-refractivity contribution in [3.63, 3.8) is 0 Å². The molecule has 0 atom stereocenters. The summed E-state index contributed by atoms with van der Waals surface area (Å²) in [6.45, 7) is 13.2. The lowest BCUT2D eigenvalue weighted by atomic mass is 10.0. The quantitative estimate of drug-likeness (QED) is 0.0434. The van der Waals surface area contributed by atoms with Crippen LogP contribution in [0.15, 0.2) is 107 Å². The van der Waals surface area contributed by atoms with Gasteiger partial charge >= 0.3 is 0 Å². The molecule has 0 saturated carbocycles. The number of hydrogen-bond acceptors (Lipinski definition) is 13. The number of nitrogens with two attached hydrogens (primary N) is 1. The monoisotopic (exact) mass is 962 g/mol. The van der Waals surface area contributed by atoms with Crippen LogP contribution >= 0.6 is 0 Å². The number of pyridine rings is 2. The van der Waals surface area contributed by atoms with E-state index in [4.69, 9.17) is 10.8 Å². The number of aliphatic hydroxyl groups is 2. The van der Waals surface area contributed by atoms with Crippen molar-refractivity contribution in [2.24, 2.45) is 0 Å². The molecule has 0 amide bonds. The Kier molecular flexibility index (Phi) is 17.5. The van der Waals surface area contributed by atoms with E-state index in [2.05, 4.69) is 24.7 Å². The first-order chi connectivity index (χ1) is 31.2. The first kappa shape index (κ1) is 53.3. The topological polar surface area (TPSA) is 254 Å². The maximum atomic E-state index is 14.9. The number of sulfonamides is 2. The van der Waals surface area contributed by atoms with E-state index in [1.807, 2.05) is 0 Å². The van der Waals surface area contributed by atoms with E-state index < -0.39 is 42.8 Å². The number of nitrogen functional groups attached to an aromatic ring is 1. The molecule has 0 aliphatic rings. The van der Waals surface area contributed by atoms with E-state index in [1.54, 1.807) is 104 Å². The molecule has 6 aromatic rings. The number of carbonyl (C=O) groups excluding carboxylic acids is 1. The summed E-state index contributed by atoms with van der Waals surface area (Å²) in [6, 6.07) is 21.6. The molecule has 0 bridgehead atoms. The minimum Gasteiger partial charge on any atom is -0.506 e. The summed E-state index contributed by atoms with van der Waals surface area (Å²) in [4.78, 5) is 18.4. The fraction of sp³-hybridized carbons (Fsp3) is 0.271. The Morgan fingerprint density at radius 2 is 1.10 bits per heavy atom. The molecule has 0 aliphatic heterocycles. The Bertz CT molecular complexity index is 2960. The highest BCUT2D eigenvalue weighted by Gasteiger charge is 2.26. The van der Waals surface area contributed by atoms with Gasteiger partial charge in [0.25, 0.3) is 0 Å². The van der Waals surface area contributed by atoms with Gasteiger partial charge in [-0.15, -0.1) is 0 Å². The van der Waals surface area contributed by atoms with Crippen LogP contribution in [0.3, 0.4) is 0 Å². The molecular weight excluding hydrogens is 907 g/mol.